The summed E-state index contributed by atoms with van der Waals surface area (Å²) in [5.74, 6) is -0.745. The van der Waals surface area contributed by atoms with E-state index in [0.717, 1.165) is 12.1 Å². The SMILES string of the molecule is CCNCc1ccc(F)c(S(=O)(=O)NC2(C)CCOC2)c1. The van der Waals surface area contributed by atoms with Gasteiger partial charge in [0, 0.05) is 13.2 Å². The van der Waals surface area contributed by atoms with Gasteiger partial charge in [-0.1, -0.05) is 13.0 Å². The molecule has 1 unspecified atom stereocenters. The van der Waals surface area contributed by atoms with Gasteiger partial charge in [0.2, 0.25) is 10.0 Å². The van der Waals surface area contributed by atoms with Crippen molar-refractivity contribution in [3.8, 4) is 0 Å². The van der Waals surface area contributed by atoms with E-state index in [9.17, 15) is 12.8 Å². The van der Waals surface area contributed by atoms with Crippen molar-refractivity contribution in [1.29, 1.82) is 0 Å². The maximum absolute atomic E-state index is 13.9. The maximum atomic E-state index is 13.9. The first-order chi connectivity index (χ1) is 9.86. The number of halogens is 1. The predicted octanol–water partition coefficient (Wildman–Crippen LogP) is 1.39. The van der Waals surface area contributed by atoms with Gasteiger partial charge in [0.1, 0.15) is 10.7 Å². The van der Waals surface area contributed by atoms with Gasteiger partial charge in [-0.3, -0.25) is 0 Å². The van der Waals surface area contributed by atoms with Crippen LogP contribution in [0.4, 0.5) is 4.39 Å². The lowest BCUT2D eigenvalue weighted by atomic mass is 10.0. The van der Waals surface area contributed by atoms with Gasteiger partial charge < -0.3 is 10.1 Å². The van der Waals surface area contributed by atoms with Crippen LogP contribution < -0.4 is 10.0 Å². The molecule has 0 bridgehead atoms. The van der Waals surface area contributed by atoms with Crippen molar-refractivity contribution >= 4 is 10.0 Å². The normalized spacial score (nSPS) is 22.6. The van der Waals surface area contributed by atoms with Crippen LogP contribution in [0.25, 0.3) is 0 Å². The first-order valence-corrected chi connectivity index (χ1v) is 8.45. The highest BCUT2D eigenvalue weighted by Crippen LogP contribution is 2.23. The van der Waals surface area contributed by atoms with Crippen LogP contribution >= 0.6 is 0 Å². The number of nitrogens with one attached hydrogen (secondary N) is 2. The fourth-order valence-electron chi connectivity index (χ4n) is 2.26. The number of ether oxygens (including phenoxy) is 1. The van der Waals surface area contributed by atoms with Crippen LogP contribution in [0, 0.1) is 5.82 Å². The third-order valence-electron chi connectivity index (χ3n) is 3.46. The zero-order valence-corrected chi connectivity index (χ0v) is 13.1. The molecule has 1 heterocycles. The molecular formula is C14H21FN2O3S. The molecule has 1 saturated heterocycles. The Kier molecular flexibility index (Phi) is 4.98. The fraction of sp³-hybridized carbons (Fsp3) is 0.571. The molecule has 0 radical (unpaired) electrons. The highest BCUT2D eigenvalue weighted by Gasteiger charge is 2.35. The summed E-state index contributed by atoms with van der Waals surface area (Å²) < 4.78 is 46.5. The Bertz CT molecular complexity index is 598. The molecule has 0 spiro atoms. The van der Waals surface area contributed by atoms with E-state index in [-0.39, 0.29) is 4.90 Å². The molecule has 1 fully saturated rings. The Morgan fingerprint density at radius 1 is 1.43 bits per heavy atom. The smallest absolute Gasteiger partial charge is 0.244 e. The van der Waals surface area contributed by atoms with Crippen molar-refractivity contribution in [1.82, 2.24) is 10.0 Å². The average molecular weight is 316 g/mol. The summed E-state index contributed by atoms with van der Waals surface area (Å²) in [5.41, 5.74) is 0.0506. The van der Waals surface area contributed by atoms with E-state index in [1.54, 1.807) is 13.0 Å². The molecule has 1 aliphatic rings. The van der Waals surface area contributed by atoms with Crippen LogP contribution in [-0.2, 0) is 21.3 Å². The molecule has 5 nitrogen and oxygen atoms in total. The first-order valence-electron chi connectivity index (χ1n) is 6.97. The van der Waals surface area contributed by atoms with Gasteiger partial charge in [0.05, 0.1) is 12.1 Å². The Hall–Kier alpha value is -1.02. The van der Waals surface area contributed by atoms with Gasteiger partial charge in [-0.2, -0.15) is 0 Å². The highest BCUT2D eigenvalue weighted by molar-refractivity contribution is 7.89. The average Bonchev–Trinajstić information content (AvgIpc) is 2.83. The molecular weight excluding hydrogens is 295 g/mol. The second-order valence-corrected chi connectivity index (χ2v) is 7.16. The lowest BCUT2D eigenvalue weighted by molar-refractivity contribution is 0.178. The third-order valence-corrected chi connectivity index (χ3v) is 5.12. The zero-order chi connectivity index (χ0) is 15.5. The van der Waals surface area contributed by atoms with Crippen molar-refractivity contribution in [2.24, 2.45) is 0 Å². The lowest BCUT2D eigenvalue weighted by Gasteiger charge is -2.23. The monoisotopic (exact) mass is 316 g/mol. The first kappa shape index (κ1) is 16.4. The summed E-state index contributed by atoms with van der Waals surface area (Å²) in [5, 5.41) is 3.09. The van der Waals surface area contributed by atoms with Crippen LogP contribution in [0.1, 0.15) is 25.8 Å². The van der Waals surface area contributed by atoms with Gasteiger partial charge >= 0.3 is 0 Å². The molecule has 21 heavy (non-hydrogen) atoms. The minimum Gasteiger partial charge on any atom is -0.379 e. The Balaban J connectivity index is 2.26. The van der Waals surface area contributed by atoms with Gasteiger partial charge in [-0.15, -0.1) is 0 Å². The van der Waals surface area contributed by atoms with Gasteiger partial charge in [-0.05, 0) is 37.6 Å². The van der Waals surface area contributed by atoms with E-state index in [0.29, 0.717) is 26.2 Å². The molecule has 1 atom stereocenters. The summed E-state index contributed by atoms with van der Waals surface area (Å²) in [6.07, 6.45) is 0.574. The topological polar surface area (TPSA) is 67.4 Å². The van der Waals surface area contributed by atoms with E-state index in [1.807, 2.05) is 6.92 Å². The second kappa shape index (κ2) is 6.39. The molecule has 0 saturated carbocycles. The summed E-state index contributed by atoms with van der Waals surface area (Å²) in [7, 11) is -3.91. The van der Waals surface area contributed by atoms with Crippen LogP contribution in [0.15, 0.2) is 23.1 Å². The Labute approximate surface area is 124 Å². The number of hydrogen-bond donors (Lipinski definition) is 2. The van der Waals surface area contributed by atoms with Crippen LogP contribution in [0.2, 0.25) is 0 Å². The highest BCUT2D eigenvalue weighted by atomic mass is 32.2. The molecule has 118 valence electrons. The molecule has 1 aromatic rings. The molecule has 0 aromatic heterocycles. The third kappa shape index (κ3) is 4.00. The van der Waals surface area contributed by atoms with E-state index in [2.05, 4.69) is 10.0 Å². The molecule has 0 amide bonds. The minimum absolute atomic E-state index is 0.297. The zero-order valence-electron chi connectivity index (χ0n) is 12.3. The van der Waals surface area contributed by atoms with Crippen LogP contribution in [0.3, 0.4) is 0 Å². The molecule has 1 aromatic carbocycles. The van der Waals surface area contributed by atoms with Crippen molar-refractivity contribution < 1.29 is 17.5 Å². The number of hydrogen-bond acceptors (Lipinski definition) is 4. The quantitative estimate of drug-likeness (QED) is 0.832. The predicted molar refractivity (Wildman–Crippen MR) is 77.9 cm³/mol. The van der Waals surface area contributed by atoms with E-state index in [1.165, 1.54) is 12.1 Å². The number of rotatable bonds is 6. The summed E-state index contributed by atoms with van der Waals surface area (Å²) in [6, 6.07) is 4.14. The van der Waals surface area contributed by atoms with Crippen molar-refractivity contribution in [2.75, 3.05) is 19.8 Å². The van der Waals surface area contributed by atoms with E-state index < -0.39 is 21.4 Å². The van der Waals surface area contributed by atoms with Crippen LogP contribution in [0.5, 0.6) is 0 Å². The molecule has 7 heteroatoms. The van der Waals surface area contributed by atoms with E-state index >= 15 is 0 Å². The molecule has 2 N–H and O–H groups in total. The minimum atomic E-state index is -3.91. The second-order valence-electron chi connectivity index (χ2n) is 5.51. The molecule has 2 rings (SSSR count). The lowest BCUT2D eigenvalue weighted by Crippen LogP contribution is -2.46. The maximum Gasteiger partial charge on any atom is 0.244 e. The standard InChI is InChI=1S/C14H21FN2O3S/c1-3-16-9-11-4-5-12(15)13(8-11)21(18,19)17-14(2)6-7-20-10-14/h4-5,8,16-17H,3,6-7,9-10H2,1-2H3. The molecule has 1 aliphatic heterocycles. The van der Waals surface area contributed by atoms with Gasteiger partial charge in [0.15, 0.2) is 0 Å². The van der Waals surface area contributed by atoms with E-state index in [4.69, 9.17) is 4.74 Å². The van der Waals surface area contributed by atoms with Crippen molar-refractivity contribution in [3.63, 3.8) is 0 Å². The largest absolute Gasteiger partial charge is 0.379 e. The number of sulfonamides is 1. The number of benzene rings is 1. The van der Waals surface area contributed by atoms with Crippen LogP contribution in [-0.4, -0.2) is 33.7 Å². The van der Waals surface area contributed by atoms with Gasteiger partial charge in [-0.25, -0.2) is 17.5 Å². The van der Waals surface area contributed by atoms with Crippen molar-refractivity contribution in [2.45, 2.75) is 37.2 Å². The fourth-order valence-corrected chi connectivity index (χ4v) is 3.81. The van der Waals surface area contributed by atoms with Crippen molar-refractivity contribution in [3.05, 3.63) is 29.6 Å². The molecule has 0 aliphatic carbocycles. The Morgan fingerprint density at radius 2 is 2.19 bits per heavy atom. The summed E-state index contributed by atoms with van der Waals surface area (Å²) >= 11 is 0. The summed E-state index contributed by atoms with van der Waals surface area (Å²) in [6.45, 7) is 5.77. The Morgan fingerprint density at radius 3 is 2.81 bits per heavy atom. The van der Waals surface area contributed by atoms with Gasteiger partial charge in [0.25, 0.3) is 0 Å². The summed E-state index contributed by atoms with van der Waals surface area (Å²) in [4.78, 5) is -0.314.